The molecule has 2 rings (SSSR count). The molecule has 0 aromatic heterocycles. The Morgan fingerprint density at radius 3 is 2.38 bits per heavy atom. The van der Waals surface area contributed by atoms with Gasteiger partial charge in [0.05, 0.1) is 10.5 Å². The first kappa shape index (κ1) is 18.5. The number of carbonyl (C=O) groups is 1. The molecule has 0 spiro atoms. The summed E-state index contributed by atoms with van der Waals surface area (Å²) in [4.78, 5) is 13.5. The third kappa shape index (κ3) is 3.98. The Kier molecular flexibility index (Phi) is 6.04. The highest BCUT2D eigenvalue weighted by Crippen LogP contribution is 2.21. The second-order valence-corrected chi connectivity index (χ2v) is 8.25. The van der Waals surface area contributed by atoms with Crippen LogP contribution in [0.5, 0.6) is 0 Å². The summed E-state index contributed by atoms with van der Waals surface area (Å²) in [5, 5.41) is 2.81. The molecule has 0 unspecified atom stereocenters. The summed E-state index contributed by atoms with van der Waals surface area (Å²) in [6.07, 6.45) is 1.91. The minimum absolute atomic E-state index is 0.144. The number of hydrogen-bond acceptors (Lipinski definition) is 4. The van der Waals surface area contributed by atoms with Gasteiger partial charge in [-0.15, -0.1) is 11.8 Å². The number of rotatable bonds is 6. The maximum atomic E-state index is 12.4. The van der Waals surface area contributed by atoms with Gasteiger partial charge in [-0.25, -0.2) is 12.7 Å². The van der Waals surface area contributed by atoms with E-state index in [1.807, 2.05) is 18.4 Å². The number of carbonyl (C=O) groups excluding carboxylic acids is 1. The highest BCUT2D eigenvalue weighted by molar-refractivity contribution is 7.98. The molecule has 2 aromatic carbocycles. The lowest BCUT2D eigenvalue weighted by Crippen LogP contribution is -2.27. The highest BCUT2D eigenvalue weighted by Gasteiger charge is 2.21. The number of nitrogens with zero attached hydrogens (tertiary/aromatic N) is 1. The van der Waals surface area contributed by atoms with Crippen molar-refractivity contribution in [2.24, 2.45) is 0 Å². The Morgan fingerprint density at radius 2 is 1.71 bits per heavy atom. The van der Waals surface area contributed by atoms with Crippen molar-refractivity contribution < 1.29 is 13.2 Å². The molecule has 2 aromatic rings. The number of hydrogen-bond donors (Lipinski definition) is 1. The van der Waals surface area contributed by atoms with Crippen LogP contribution in [0.15, 0.2) is 58.3 Å². The lowest BCUT2D eigenvalue weighted by Gasteiger charge is -2.15. The van der Waals surface area contributed by atoms with E-state index in [2.05, 4.69) is 5.32 Å². The van der Waals surface area contributed by atoms with E-state index >= 15 is 0 Å². The van der Waals surface area contributed by atoms with Gasteiger partial charge in [0.25, 0.3) is 5.91 Å². The van der Waals surface area contributed by atoms with E-state index in [1.165, 1.54) is 25.9 Å². The largest absolute Gasteiger partial charge is 0.348 e. The molecule has 0 fully saturated rings. The van der Waals surface area contributed by atoms with Crippen molar-refractivity contribution in [1.29, 1.82) is 0 Å². The van der Waals surface area contributed by atoms with Crippen molar-refractivity contribution in [1.82, 2.24) is 9.62 Å². The predicted molar refractivity (Wildman–Crippen MR) is 96.7 cm³/mol. The Labute approximate surface area is 147 Å². The summed E-state index contributed by atoms with van der Waals surface area (Å²) in [6.45, 7) is 0.144. The molecule has 0 bridgehead atoms. The second kappa shape index (κ2) is 7.83. The predicted octanol–water partition coefficient (Wildman–Crippen LogP) is 2.59. The fourth-order valence-corrected chi connectivity index (χ4v) is 3.91. The van der Waals surface area contributed by atoms with Crippen LogP contribution in [0, 0.1) is 0 Å². The van der Waals surface area contributed by atoms with Crippen LogP contribution in [0.4, 0.5) is 0 Å². The fourth-order valence-electron chi connectivity index (χ4n) is 2.20. The summed E-state index contributed by atoms with van der Waals surface area (Å²) in [6, 6.07) is 14.0. The van der Waals surface area contributed by atoms with Crippen LogP contribution < -0.4 is 5.32 Å². The van der Waals surface area contributed by atoms with Crippen molar-refractivity contribution >= 4 is 27.7 Å². The first-order chi connectivity index (χ1) is 11.4. The van der Waals surface area contributed by atoms with E-state index in [4.69, 9.17) is 0 Å². The summed E-state index contributed by atoms with van der Waals surface area (Å²) in [7, 11) is -0.584. The lowest BCUT2D eigenvalue weighted by molar-refractivity contribution is 0.0947. The molecule has 0 aliphatic carbocycles. The average molecular weight is 364 g/mol. The summed E-state index contributed by atoms with van der Waals surface area (Å²) in [5.74, 6) is -0.225. The molecule has 1 N–H and O–H groups in total. The molecule has 0 radical (unpaired) electrons. The molecule has 0 saturated heterocycles. The van der Waals surface area contributed by atoms with Gasteiger partial charge in [0, 0.05) is 25.5 Å². The SMILES string of the molecule is CSc1ccccc1C(=O)NCc1ccccc1S(=O)(=O)N(C)C. The van der Waals surface area contributed by atoms with Crippen LogP contribution in [0.3, 0.4) is 0 Å². The molecule has 0 aliphatic rings. The second-order valence-electron chi connectivity index (χ2n) is 5.28. The van der Waals surface area contributed by atoms with Gasteiger partial charge in [-0.2, -0.15) is 0 Å². The molecule has 0 atom stereocenters. The van der Waals surface area contributed by atoms with Crippen LogP contribution in [0.25, 0.3) is 0 Å². The number of benzene rings is 2. The topological polar surface area (TPSA) is 66.5 Å². The molecule has 5 nitrogen and oxygen atoms in total. The third-order valence-corrected chi connectivity index (χ3v) is 6.23. The van der Waals surface area contributed by atoms with Gasteiger partial charge in [-0.1, -0.05) is 30.3 Å². The van der Waals surface area contributed by atoms with E-state index in [0.29, 0.717) is 11.1 Å². The number of amides is 1. The van der Waals surface area contributed by atoms with Gasteiger partial charge >= 0.3 is 0 Å². The maximum Gasteiger partial charge on any atom is 0.252 e. The molecular formula is C17H20N2O3S2. The molecule has 7 heteroatoms. The smallest absolute Gasteiger partial charge is 0.252 e. The van der Waals surface area contributed by atoms with Crippen LogP contribution in [-0.2, 0) is 16.6 Å². The summed E-state index contributed by atoms with van der Waals surface area (Å²) in [5.41, 5.74) is 1.14. The Hall–Kier alpha value is -1.83. The fraction of sp³-hybridized carbons (Fsp3) is 0.235. The number of sulfonamides is 1. The molecular weight excluding hydrogens is 344 g/mol. The van der Waals surface area contributed by atoms with E-state index < -0.39 is 10.0 Å². The van der Waals surface area contributed by atoms with Gasteiger partial charge in [-0.05, 0) is 30.0 Å². The van der Waals surface area contributed by atoms with Crippen molar-refractivity contribution in [3.8, 4) is 0 Å². The number of thioether (sulfide) groups is 1. The van der Waals surface area contributed by atoms with Gasteiger partial charge < -0.3 is 5.32 Å². The number of nitrogens with one attached hydrogen (secondary N) is 1. The quantitative estimate of drug-likeness (QED) is 0.800. The van der Waals surface area contributed by atoms with Crippen molar-refractivity contribution in [3.63, 3.8) is 0 Å². The first-order valence-corrected chi connectivity index (χ1v) is 9.96. The van der Waals surface area contributed by atoms with Crippen molar-refractivity contribution in [2.45, 2.75) is 16.3 Å². The maximum absolute atomic E-state index is 12.4. The molecule has 0 heterocycles. The Balaban J connectivity index is 2.23. The van der Waals surface area contributed by atoms with Crippen LogP contribution >= 0.6 is 11.8 Å². The molecule has 0 aliphatic heterocycles. The zero-order valence-corrected chi connectivity index (χ0v) is 15.4. The minimum Gasteiger partial charge on any atom is -0.348 e. The zero-order chi connectivity index (χ0) is 17.7. The molecule has 128 valence electrons. The van der Waals surface area contributed by atoms with Crippen molar-refractivity contribution in [2.75, 3.05) is 20.4 Å². The molecule has 0 saturated carbocycles. The molecule has 1 amide bonds. The molecule has 24 heavy (non-hydrogen) atoms. The lowest BCUT2D eigenvalue weighted by atomic mass is 10.2. The monoisotopic (exact) mass is 364 g/mol. The average Bonchev–Trinajstić information content (AvgIpc) is 2.59. The van der Waals surface area contributed by atoms with E-state index in [9.17, 15) is 13.2 Å². The zero-order valence-electron chi connectivity index (χ0n) is 13.8. The van der Waals surface area contributed by atoms with Gasteiger partial charge in [-0.3, -0.25) is 4.79 Å². The van der Waals surface area contributed by atoms with Crippen LogP contribution in [0.2, 0.25) is 0 Å². The summed E-state index contributed by atoms with van der Waals surface area (Å²) >= 11 is 1.49. The van der Waals surface area contributed by atoms with E-state index in [-0.39, 0.29) is 17.3 Å². The van der Waals surface area contributed by atoms with Crippen LogP contribution in [0.1, 0.15) is 15.9 Å². The Morgan fingerprint density at radius 1 is 1.08 bits per heavy atom. The summed E-state index contributed by atoms with van der Waals surface area (Å²) < 4.78 is 25.9. The van der Waals surface area contributed by atoms with Crippen molar-refractivity contribution in [3.05, 3.63) is 59.7 Å². The Bertz CT molecular complexity index is 833. The van der Waals surface area contributed by atoms with E-state index in [0.717, 1.165) is 9.20 Å². The first-order valence-electron chi connectivity index (χ1n) is 7.29. The minimum atomic E-state index is -3.55. The normalized spacial score (nSPS) is 11.5. The van der Waals surface area contributed by atoms with E-state index in [1.54, 1.807) is 36.4 Å². The van der Waals surface area contributed by atoms with Gasteiger partial charge in [0.2, 0.25) is 10.0 Å². The standard InChI is InChI=1S/C17H20N2O3S2/c1-19(2)24(21,22)16-11-7-4-8-13(16)12-18-17(20)14-9-5-6-10-15(14)23-3/h4-11H,12H2,1-3H3,(H,18,20). The van der Waals surface area contributed by atoms with Crippen LogP contribution in [-0.4, -0.2) is 39.0 Å². The van der Waals surface area contributed by atoms with Gasteiger partial charge in [0.1, 0.15) is 0 Å². The highest BCUT2D eigenvalue weighted by atomic mass is 32.2. The third-order valence-electron chi connectivity index (χ3n) is 3.52. The van der Waals surface area contributed by atoms with Gasteiger partial charge in [0.15, 0.2) is 0 Å².